The number of H-pyrrole nitrogens is 1. The van der Waals surface area contributed by atoms with Gasteiger partial charge in [-0.3, -0.25) is 9.59 Å². The molecular weight excluding hydrogens is 320 g/mol. The van der Waals surface area contributed by atoms with E-state index in [1.54, 1.807) is 30.5 Å². The number of nitrogens with zero attached hydrogens (tertiary/aromatic N) is 1. The Balaban J connectivity index is 1.60. The van der Waals surface area contributed by atoms with Crippen LogP contribution in [-0.2, 0) is 9.59 Å². The number of rotatable bonds is 4. The van der Waals surface area contributed by atoms with Gasteiger partial charge in [-0.1, -0.05) is 24.3 Å². The van der Waals surface area contributed by atoms with Gasteiger partial charge in [0, 0.05) is 34.4 Å². The predicted molar refractivity (Wildman–Crippen MR) is 95.7 cm³/mol. The molecule has 0 atom stereocenters. The number of carbonyl (C=O) groups is 2. The lowest BCUT2D eigenvalue weighted by atomic mass is 10.2. The van der Waals surface area contributed by atoms with Crippen LogP contribution < -0.4 is 15.5 Å². The van der Waals surface area contributed by atoms with Gasteiger partial charge in [0.15, 0.2) is 0 Å². The summed E-state index contributed by atoms with van der Waals surface area (Å²) in [6.45, 7) is 0. The Morgan fingerprint density at radius 1 is 1.12 bits per heavy atom. The van der Waals surface area contributed by atoms with Crippen molar-refractivity contribution in [2.75, 3.05) is 12.4 Å². The minimum absolute atomic E-state index is 0.458. The van der Waals surface area contributed by atoms with Crippen molar-refractivity contribution in [1.29, 1.82) is 0 Å². The molecule has 7 nitrogen and oxygen atoms in total. The number of aromatic nitrogens is 1. The first kappa shape index (κ1) is 16.3. The number of benzene rings is 2. The van der Waals surface area contributed by atoms with E-state index in [1.807, 2.05) is 24.3 Å². The lowest BCUT2D eigenvalue weighted by molar-refractivity contribution is -0.136. The van der Waals surface area contributed by atoms with E-state index in [4.69, 9.17) is 4.74 Å². The van der Waals surface area contributed by atoms with Crippen molar-refractivity contribution in [3.8, 4) is 5.75 Å². The third-order valence-electron chi connectivity index (χ3n) is 3.52. The summed E-state index contributed by atoms with van der Waals surface area (Å²) >= 11 is 0. The molecule has 126 valence electrons. The van der Waals surface area contributed by atoms with Gasteiger partial charge in [-0.2, -0.15) is 5.10 Å². The van der Waals surface area contributed by atoms with Crippen molar-refractivity contribution in [3.63, 3.8) is 0 Å². The van der Waals surface area contributed by atoms with E-state index in [0.29, 0.717) is 11.4 Å². The molecule has 0 unspecified atom stereocenters. The van der Waals surface area contributed by atoms with Gasteiger partial charge in [0.2, 0.25) is 0 Å². The Morgan fingerprint density at radius 2 is 1.96 bits per heavy atom. The first-order valence-corrected chi connectivity index (χ1v) is 7.52. The number of hydrogen-bond acceptors (Lipinski definition) is 4. The van der Waals surface area contributed by atoms with Crippen LogP contribution in [0.3, 0.4) is 0 Å². The van der Waals surface area contributed by atoms with Gasteiger partial charge in [-0.15, -0.1) is 0 Å². The number of amides is 2. The summed E-state index contributed by atoms with van der Waals surface area (Å²) in [6, 6.07) is 14.4. The molecule has 0 spiro atoms. The van der Waals surface area contributed by atoms with Crippen LogP contribution in [0, 0.1) is 0 Å². The summed E-state index contributed by atoms with van der Waals surface area (Å²) in [5.41, 5.74) is 4.44. The third-order valence-corrected chi connectivity index (χ3v) is 3.52. The SMILES string of the molecule is COc1cccc(NC(=O)C(=O)N/N=C\c2c[nH]c3ccccc23)c1. The maximum absolute atomic E-state index is 11.9. The fourth-order valence-electron chi connectivity index (χ4n) is 2.30. The Bertz CT molecular complexity index is 946. The number of nitrogens with one attached hydrogen (secondary N) is 3. The number of aromatic amines is 1. The molecule has 1 heterocycles. The van der Waals surface area contributed by atoms with Crippen LogP contribution in [0.1, 0.15) is 5.56 Å². The number of hydrogen-bond donors (Lipinski definition) is 3. The van der Waals surface area contributed by atoms with Crippen molar-refractivity contribution in [2.24, 2.45) is 5.10 Å². The van der Waals surface area contributed by atoms with Crippen molar-refractivity contribution in [2.45, 2.75) is 0 Å². The molecular formula is C18H16N4O3. The van der Waals surface area contributed by atoms with E-state index in [0.717, 1.165) is 16.5 Å². The van der Waals surface area contributed by atoms with Crippen LogP contribution >= 0.6 is 0 Å². The number of anilines is 1. The monoisotopic (exact) mass is 336 g/mol. The van der Waals surface area contributed by atoms with E-state index in [2.05, 4.69) is 20.8 Å². The zero-order valence-corrected chi connectivity index (χ0v) is 13.4. The maximum atomic E-state index is 11.9. The number of ether oxygens (including phenoxy) is 1. The second kappa shape index (κ2) is 7.31. The smallest absolute Gasteiger partial charge is 0.329 e. The molecule has 2 aromatic carbocycles. The fourth-order valence-corrected chi connectivity index (χ4v) is 2.30. The fraction of sp³-hybridized carbons (Fsp3) is 0.0556. The van der Waals surface area contributed by atoms with Crippen LogP contribution in [0.5, 0.6) is 5.75 Å². The molecule has 3 N–H and O–H groups in total. The highest BCUT2D eigenvalue weighted by atomic mass is 16.5. The topological polar surface area (TPSA) is 95.6 Å². The molecule has 7 heteroatoms. The van der Waals surface area contributed by atoms with Crippen LogP contribution in [-0.4, -0.2) is 30.1 Å². The minimum atomic E-state index is -0.862. The van der Waals surface area contributed by atoms with Crippen molar-refractivity contribution in [1.82, 2.24) is 10.4 Å². The van der Waals surface area contributed by atoms with E-state index in [-0.39, 0.29) is 0 Å². The maximum Gasteiger partial charge on any atom is 0.329 e. The Morgan fingerprint density at radius 3 is 2.80 bits per heavy atom. The number of hydrazone groups is 1. The summed E-state index contributed by atoms with van der Waals surface area (Å²) in [6.07, 6.45) is 3.26. The van der Waals surface area contributed by atoms with E-state index in [9.17, 15) is 9.59 Å². The molecule has 3 rings (SSSR count). The number of para-hydroxylation sites is 1. The summed E-state index contributed by atoms with van der Waals surface area (Å²) in [4.78, 5) is 26.8. The average Bonchev–Trinajstić information content (AvgIpc) is 3.05. The first-order chi connectivity index (χ1) is 12.2. The van der Waals surface area contributed by atoms with Gasteiger partial charge >= 0.3 is 11.8 Å². The van der Waals surface area contributed by atoms with Crippen LogP contribution in [0.2, 0.25) is 0 Å². The highest BCUT2D eigenvalue weighted by Crippen LogP contribution is 2.17. The summed E-state index contributed by atoms with van der Waals surface area (Å²) in [5, 5.41) is 7.28. The highest BCUT2D eigenvalue weighted by molar-refractivity contribution is 6.39. The molecule has 2 amide bonds. The quantitative estimate of drug-likeness (QED) is 0.387. The normalized spacial score (nSPS) is 10.8. The van der Waals surface area contributed by atoms with Gasteiger partial charge < -0.3 is 15.0 Å². The summed E-state index contributed by atoms with van der Waals surface area (Å²) < 4.78 is 5.06. The highest BCUT2D eigenvalue weighted by Gasteiger charge is 2.13. The van der Waals surface area contributed by atoms with Crippen molar-refractivity contribution < 1.29 is 14.3 Å². The van der Waals surface area contributed by atoms with E-state index < -0.39 is 11.8 Å². The molecule has 3 aromatic rings. The Labute approximate surface area is 143 Å². The van der Waals surface area contributed by atoms with Gasteiger partial charge in [-0.05, 0) is 18.2 Å². The first-order valence-electron chi connectivity index (χ1n) is 7.52. The average molecular weight is 336 g/mol. The molecule has 0 aliphatic carbocycles. The van der Waals surface area contributed by atoms with Gasteiger partial charge in [-0.25, -0.2) is 5.43 Å². The molecule has 1 aromatic heterocycles. The second-order valence-electron chi connectivity index (χ2n) is 5.17. The molecule has 25 heavy (non-hydrogen) atoms. The molecule has 0 saturated carbocycles. The predicted octanol–water partition coefficient (Wildman–Crippen LogP) is 2.27. The Kier molecular flexibility index (Phi) is 4.75. The lowest BCUT2D eigenvalue weighted by Crippen LogP contribution is -2.32. The number of methoxy groups -OCH3 is 1. The van der Waals surface area contributed by atoms with Crippen LogP contribution in [0.15, 0.2) is 59.8 Å². The zero-order chi connectivity index (χ0) is 17.6. The number of fused-ring (bicyclic) bond motifs is 1. The van der Waals surface area contributed by atoms with Gasteiger partial charge in [0.25, 0.3) is 0 Å². The zero-order valence-electron chi connectivity index (χ0n) is 13.4. The molecule has 0 aliphatic rings. The van der Waals surface area contributed by atoms with Gasteiger partial charge in [0.1, 0.15) is 5.75 Å². The van der Waals surface area contributed by atoms with E-state index in [1.165, 1.54) is 13.3 Å². The summed E-state index contributed by atoms with van der Waals surface area (Å²) in [5.74, 6) is -1.10. The Hall–Kier alpha value is -3.61. The largest absolute Gasteiger partial charge is 0.497 e. The standard InChI is InChI=1S/C18H16N4O3/c1-25-14-6-4-5-13(9-14)21-17(23)18(24)22-20-11-12-10-19-16-8-3-2-7-15(12)16/h2-11,19H,1H3,(H,21,23)(H,22,24)/b20-11-. The minimum Gasteiger partial charge on any atom is -0.497 e. The van der Waals surface area contributed by atoms with Crippen LogP contribution in [0.4, 0.5) is 5.69 Å². The van der Waals surface area contributed by atoms with Crippen molar-refractivity contribution >= 4 is 34.6 Å². The van der Waals surface area contributed by atoms with Crippen molar-refractivity contribution in [3.05, 3.63) is 60.3 Å². The molecule has 0 saturated heterocycles. The molecule has 0 radical (unpaired) electrons. The lowest BCUT2D eigenvalue weighted by Gasteiger charge is -2.05. The second-order valence-corrected chi connectivity index (χ2v) is 5.17. The molecule has 0 fully saturated rings. The molecule has 0 aliphatic heterocycles. The third kappa shape index (κ3) is 3.84. The number of carbonyl (C=O) groups excluding carboxylic acids is 2. The molecule has 0 bridgehead atoms. The van der Waals surface area contributed by atoms with E-state index >= 15 is 0 Å². The summed E-state index contributed by atoms with van der Waals surface area (Å²) in [7, 11) is 1.52. The van der Waals surface area contributed by atoms with Crippen LogP contribution in [0.25, 0.3) is 10.9 Å². The van der Waals surface area contributed by atoms with Gasteiger partial charge in [0.05, 0.1) is 13.3 Å².